The number of hydrogen-bond acceptors (Lipinski definition) is 2. The van der Waals surface area contributed by atoms with E-state index in [9.17, 15) is 9.59 Å². The highest BCUT2D eigenvalue weighted by Crippen LogP contribution is 2.17. The number of halogens is 1. The molecule has 1 amide bonds. The van der Waals surface area contributed by atoms with Crippen molar-refractivity contribution in [2.24, 2.45) is 0 Å². The Morgan fingerprint density at radius 2 is 2.00 bits per heavy atom. The fraction of sp³-hybridized carbons (Fsp3) is 0.429. The minimum atomic E-state index is -0.870. The molecule has 1 aromatic rings. The van der Waals surface area contributed by atoms with E-state index in [1.807, 2.05) is 6.92 Å². The molecule has 1 aromatic carbocycles. The van der Waals surface area contributed by atoms with Crippen LogP contribution in [0.4, 0.5) is 0 Å². The Bertz CT molecular complexity index is 497. The molecule has 0 saturated carbocycles. The van der Waals surface area contributed by atoms with Crippen LogP contribution in [-0.2, 0) is 4.79 Å². The standard InChI is InChI=1S/C14H18ClNO3/c1-9-8-10(15)4-5-11(9)13(19)16-14(2,3)7-6-12(17)18/h4-5,8H,6-7H2,1-3H3,(H,16,19)(H,17,18). The van der Waals surface area contributed by atoms with Gasteiger partial charge in [0.1, 0.15) is 0 Å². The van der Waals surface area contributed by atoms with Crippen LogP contribution in [0.15, 0.2) is 18.2 Å². The summed E-state index contributed by atoms with van der Waals surface area (Å²) in [4.78, 5) is 22.7. The Balaban J connectivity index is 2.75. The summed E-state index contributed by atoms with van der Waals surface area (Å²) in [6.45, 7) is 5.42. The van der Waals surface area contributed by atoms with E-state index in [1.54, 1.807) is 32.0 Å². The Morgan fingerprint density at radius 1 is 1.37 bits per heavy atom. The van der Waals surface area contributed by atoms with Crippen molar-refractivity contribution in [1.82, 2.24) is 5.32 Å². The van der Waals surface area contributed by atoms with Gasteiger partial charge in [0.05, 0.1) is 0 Å². The third-order valence-electron chi connectivity index (χ3n) is 2.85. The van der Waals surface area contributed by atoms with Gasteiger partial charge in [-0.05, 0) is 51.0 Å². The van der Waals surface area contributed by atoms with Crippen LogP contribution in [0, 0.1) is 6.92 Å². The molecule has 1 rings (SSSR count). The van der Waals surface area contributed by atoms with Gasteiger partial charge >= 0.3 is 5.97 Å². The van der Waals surface area contributed by atoms with Gasteiger partial charge in [-0.15, -0.1) is 0 Å². The SMILES string of the molecule is Cc1cc(Cl)ccc1C(=O)NC(C)(C)CCC(=O)O. The van der Waals surface area contributed by atoms with Crippen LogP contribution in [0.1, 0.15) is 42.6 Å². The summed E-state index contributed by atoms with van der Waals surface area (Å²) in [7, 11) is 0. The van der Waals surface area contributed by atoms with Crippen LogP contribution >= 0.6 is 11.6 Å². The average molecular weight is 284 g/mol. The smallest absolute Gasteiger partial charge is 0.303 e. The molecule has 0 radical (unpaired) electrons. The summed E-state index contributed by atoms with van der Waals surface area (Å²) in [5, 5.41) is 12.1. The quantitative estimate of drug-likeness (QED) is 0.873. The first-order valence-corrected chi connectivity index (χ1v) is 6.39. The van der Waals surface area contributed by atoms with Crippen LogP contribution < -0.4 is 5.32 Å². The molecular weight excluding hydrogens is 266 g/mol. The van der Waals surface area contributed by atoms with Crippen molar-refractivity contribution in [3.8, 4) is 0 Å². The minimum Gasteiger partial charge on any atom is -0.481 e. The predicted octanol–water partition coefficient (Wildman–Crippen LogP) is 3.02. The van der Waals surface area contributed by atoms with Crippen molar-refractivity contribution in [2.75, 3.05) is 0 Å². The zero-order chi connectivity index (χ0) is 14.6. The Morgan fingerprint density at radius 3 is 2.53 bits per heavy atom. The van der Waals surface area contributed by atoms with E-state index in [2.05, 4.69) is 5.32 Å². The summed E-state index contributed by atoms with van der Waals surface area (Å²) < 4.78 is 0. The van der Waals surface area contributed by atoms with Crippen molar-refractivity contribution in [3.63, 3.8) is 0 Å². The van der Waals surface area contributed by atoms with Crippen molar-refractivity contribution in [3.05, 3.63) is 34.3 Å². The highest BCUT2D eigenvalue weighted by molar-refractivity contribution is 6.30. The monoisotopic (exact) mass is 283 g/mol. The van der Waals surface area contributed by atoms with Crippen LogP contribution in [0.25, 0.3) is 0 Å². The zero-order valence-corrected chi connectivity index (χ0v) is 12.0. The van der Waals surface area contributed by atoms with E-state index in [-0.39, 0.29) is 12.3 Å². The van der Waals surface area contributed by atoms with Crippen LogP contribution in [0.5, 0.6) is 0 Å². The average Bonchev–Trinajstić information content (AvgIpc) is 2.25. The maximum Gasteiger partial charge on any atom is 0.303 e. The van der Waals surface area contributed by atoms with Gasteiger partial charge in [-0.2, -0.15) is 0 Å². The van der Waals surface area contributed by atoms with Gasteiger partial charge in [-0.1, -0.05) is 11.6 Å². The summed E-state index contributed by atoms with van der Waals surface area (Å²) in [5.41, 5.74) is 0.772. The lowest BCUT2D eigenvalue weighted by Crippen LogP contribution is -2.43. The number of rotatable bonds is 5. The van der Waals surface area contributed by atoms with Crippen molar-refractivity contribution in [2.45, 2.75) is 39.2 Å². The van der Waals surface area contributed by atoms with E-state index in [0.717, 1.165) is 5.56 Å². The normalized spacial score (nSPS) is 11.2. The van der Waals surface area contributed by atoms with Gasteiger partial charge in [0.25, 0.3) is 5.91 Å². The number of aliphatic carboxylic acids is 1. The molecule has 0 spiro atoms. The Hall–Kier alpha value is -1.55. The number of hydrogen-bond donors (Lipinski definition) is 2. The lowest BCUT2D eigenvalue weighted by molar-refractivity contribution is -0.137. The van der Waals surface area contributed by atoms with E-state index in [1.165, 1.54) is 0 Å². The van der Waals surface area contributed by atoms with Gasteiger partial charge in [-0.25, -0.2) is 0 Å². The Labute approximate surface area is 117 Å². The third kappa shape index (κ3) is 4.91. The molecule has 0 bridgehead atoms. The highest BCUT2D eigenvalue weighted by atomic mass is 35.5. The Kier molecular flexibility index (Phi) is 4.95. The van der Waals surface area contributed by atoms with E-state index in [4.69, 9.17) is 16.7 Å². The van der Waals surface area contributed by atoms with Gasteiger partial charge in [0.2, 0.25) is 0 Å². The number of carbonyl (C=O) groups excluding carboxylic acids is 1. The lowest BCUT2D eigenvalue weighted by Gasteiger charge is -2.26. The summed E-state index contributed by atoms with van der Waals surface area (Å²) >= 11 is 5.84. The van der Waals surface area contributed by atoms with Gasteiger partial charge < -0.3 is 10.4 Å². The highest BCUT2D eigenvalue weighted by Gasteiger charge is 2.22. The predicted molar refractivity (Wildman–Crippen MR) is 74.6 cm³/mol. The molecule has 4 nitrogen and oxygen atoms in total. The fourth-order valence-corrected chi connectivity index (χ4v) is 1.97. The second-order valence-electron chi connectivity index (χ2n) is 5.19. The van der Waals surface area contributed by atoms with Crippen molar-refractivity contribution in [1.29, 1.82) is 0 Å². The van der Waals surface area contributed by atoms with Gasteiger partial charge in [0.15, 0.2) is 0 Å². The zero-order valence-electron chi connectivity index (χ0n) is 11.3. The molecule has 0 fully saturated rings. The first-order chi connectivity index (χ1) is 8.71. The van der Waals surface area contributed by atoms with E-state index < -0.39 is 11.5 Å². The number of amides is 1. The van der Waals surface area contributed by atoms with Crippen molar-refractivity contribution >= 4 is 23.5 Å². The number of carboxylic acids is 1. The van der Waals surface area contributed by atoms with Crippen LogP contribution in [0.2, 0.25) is 5.02 Å². The molecular formula is C14H18ClNO3. The van der Waals surface area contributed by atoms with Crippen molar-refractivity contribution < 1.29 is 14.7 Å². The largest absolute Gasteiger partial charge is 0.481 e. The lowest BCUT2D eigenvalue weighted by atomic mass is 9.97. The number of aryl methyl sites for hydroxylation is 1. The van der Waals surface area contributed by atoms with Crippen LogP contribution in [0.3, 0.4) is 0 Å². The number of nitrogens with one attached hydrogen (secondary N) is 1. The molecule has 0 unspecified atom stereocenters. The summed E-state index contributed by atoms with van der Waals surface area (Å²) in [5.74, 6) is -1.09. The first-order valence-electron chi connectivity index (χ1n) is 6.02. The van der Waals surface area contributed by atoms with E-state index >= 15 is 0 Å². The number of carbonyl (C=O) groups is 2. The van der Waals surface area contributed by atoms with E-state index in [0.29, 0.717) is 17.0 Å². The van der Waals surface area contributed by atoms with Crippen LogP contribution in [-0.4, -0.2) is 22.5 Å². The van der Waals surface area contributed by atoms with Gasteiger partial charge in [-0.3, -0.25) is 9.59 Å². The maximum atomic E-state index is 12.1. The molecule has 19 heavy (non-hydrogen) atoms. The summed E-state index contributed by atoms with van der Waals surface area (Å²) in [6, 6.07) is 5.05. The summed E-state index contributed by atoms with van der Waals surface area (Å²) in [6.07, 6.45) is 0.396. The molecule has 0 aliphatic carbocycles. The maximum absolute atomic E-state index is 12.1. The molecule has 5 heteroatoms. The first kappa shape index (κ1) is 15.5. The number of benzene rings is 1. The molecule has 0 heterocycles. The van der Waals surface area contributed by atoms with Gasteiger partial charge in [0, 0.05) is 22.5 Å². The molecule has 104 valence electrons. The number of carboxylic acid groups (broad SMARTS) is 1. The molecule has 0 aromatic heterocycles. The topological polar surface area (TPSA) is 66.4 Å². The molecule has 2 N–H and O–H groups in total. The second-order valence-corrected chi connectivity index (χ2v) is 5.63. The molecule has 0 aliphatic heterocycles. The minimum absolute atomic E-state index is 0.0207. The fourth-order valence-electron chi connectivity index (χ4n) is 1.74. The third-order valence-corrected chi connectivity index (χ3v) is 3.08. The molecule has 0 saturated heterocycles. The second kappa shape index (κ2) is 6.06. The molecule has 0 aliphatic rings. The molecule has 0 atom stereocenters.